The van der Waals surface area contributed by atoms with Gasteiger partial charge in [0.2, 0.25) is 0 Å². The lowest BCUT2D eigenvalue weighted by Crippen LogP contribution is -2.22. The second-order valence-corrected chi connectivity index (χ2v) is 2.91. The number of aromatic nitrogens is 2. The van der Waals surface area contributed by atoms with Crippen LogP contribution < -0.4 is 4.98 Å². The van der Waals surface area contributed by atoms with Crippen molar-refractivity contribution in [1.82, 2.24) is 4.57 Å². The molecule has 0 aliphatic heterocycles. The molecule has 2 rings (SSSR count). The average Bonchev–Trinajstić information content (AvgIpc) is 2.56. The first-order valence-corrected chi connectivity index (χ1v) is 4.10. The zero-order chi connectivity index (χ0) is 11.0. The molecule has 1 aromatic heterocycles. The van der Waals surface area contributed by atoms with Gasteiger partial charge in [0, 0.05) is 0 Å². The molecule has 0 fully saturated rings. The van der Waals surface area contributed by atoms with Crippen LogP contribution in [0.2, 0.25) is 0 Å². The third kappa shape index (κ3) is 1.32. The SMILES string of the molecule is O=C(O)c1[nH+]c2ccccc2n1C(=O)O. The Labute approximate surface area is 83.4 Å². The van der Waals surface area contributed by atoms with Crippen molar-refractivity contribution in [2.45, 2.75) is 0 Å². The summed E-state index contributed by atoms with van der Waals surface area (Å²) < 4.78 is 0.706. The fourth-order valence-corrected chi connectivity index (χ4v) is 1.43. The van der Waals surface area contributed by atoms with Gasteiger partial charge in [-0.3, -0.25) is 0 Å². The van der Waals surface area contributed by atoms with Crippen LogP contribution in [-0.4, -0.2) is 26.8 Å². The Bertz CT molecular complexity index is 558. The number of carboxylic acid groups (broad SMARTS) is 2. The topological polar surface area (TPSA) is 93.7 Å². The van der Waals surface area contributed by atoms with E-state index < -0.39 is 12.1 Å². The molecule has 6 heteroatoms. The first-order valence-electron chi connectivity index (χ1n) is 4.10. The molecule has 0 aliphatic rings. The zero-order valence-corrected chi connectivity index (χ0v) is 7.47. The molecule has 0 aliphatic carbocycles. The van der Waals surface area contributed by atoms with E-state index in [0.29, 0.717) is 15.6 Å². The summed E-state index contributed by atoms with van der Waals surface area (Å²) in [6, 6.07) is 6.48. The number of carboxylic acids is 1. The van der Waals surface area contributed by atoms with Crippen molar-refractivity contribution in [2.24, 2.45) is 0 Å². The van der Waals surface area contributed by atoms with Crippen molar-refractivity contribution in [1.29, 1.82) is 0 Å². The van der Waals surface area contributed by atoms with Crippen molar-refractivity contribution >= 4 is 23.1 Å². The number of para-hydroxylation sites is 2. The smallest absolute Gasteiger partial charge is 0.472 e. The van der Waals surface area contributed by atoms with Gasteiger partial charge in [-0.15, -0.1) is 4.57 Å². The summed E-state index contributed by atoms with van der Waals surface area (Å²) in [6.07, 6.45) is -1.33. The van der Waals surface area contributed by atoms with Crippen molar-refractivity contribution in [3.05, 3.63) is 30.1 Å². The van der Waals surface area contributed by atoms with E-state index in [0.717, 1.165) is 0 Å². The highest BCUT2D eigenvalue weighted by Gasteiger charge is 2.29. The molecule has 6 nitrogen and oxygen atoms in total. The van der Waals surface area contributed by atoms with Crippen LogP contribution in [0.4, 0.5) is 4.79 Å². The zero-order valence-electron chi connectivity index (χ0n) is 7.47. The van der Waals surface area contributed by atoms with Gasteiger partial charge in [0.15, 0.2) is 11.0 Å². The minimum absolute atomic E-state index is 0.322. The Kier molecular flexibility index (Phi) is 1.89. The third-order valence-electron chi connectivity index (χ3n) is 2.02. The predicted molar refractivity (Wildman–Crippen MR) is 48.9 cm³/mol. The van der Waals surface area contributed by atoms with Crippen LogP contribution in [0.1, 0.15) is 10.6 Å². The van der Waals surface area contributed by atoms with E-state index in [1.165, 1.54) is 6.07 Å². The van der Waals surface area contributed by atoms with E-state index in [1.54, 1.807) is 18.2 Å². The lowest BCUT2D eigenvalue weighted by atomic mass is 10.3. The number of rotatable bonds is 1. The lowest BCUT2D eigenvalue weighted by molar-refractivity contribution is -0.351. The number of benzene rings is 1. The molecule has 0 saturated carbocycles. The summed E-state index contributed by atoms with van der Waals surface area (Å²) >= 11 is 0. The van der Waals surface area contributed by atoms with Crippen LogP contribution in [-0.2, 0) is 0 Å². The summed E-state index contributed by atoms with van der Waals surface area (Å²) in [5.74, 6) is -1.68. The summed E-state index contributed by atoms with van der Waals surface area (Å²) in [7, 11) is 0. The summed E-state index contributed by atoms with van der Waals surface area (Å²) in [4.78, 5) is 24.2. The molecule has 0 spiro atoms. The van der Waals surface area contributed by atoms with E-state index in [9.17, 15) is 9.59 Å². The van der Waals surface area contributed by atoms with Crippen LogP contribution in [0.5, 0.6) is 0 Å². The molecule has 15 heavy (non-hydrogen) atoms. The molecule has 3 N–H and O–H groups in total. The molecule has 76 valence electrons. The van der Waals surface area contributed by atoms with Crippen molar-refractivity contribution < 1.29 is 24.8 Å². The second kappa shape index (κ2) is 3.09. The molecule has 0 bridgehead atoms. The van der Waals surface area contributed by atoms with Gasteiger partial charge in [0.1, 0.15) is 0 Å². The van der Waals surface area contributed by atoms with Gasteiger partial charge in [-0.2, -0.15) is 4.79 Å². The normalized spacial score (nSPS) is 10.4. The highest BCUT2D eigenvalue weighted by Crippen LogP contribution is 2.11. The molecule has 2 aromatic rings. The quantitative estimate of drug-likeness (QED) is 0.718. The van der Waals surface area contributed by atoms with Crippen molar-refractivity contribution in [3.63, 3.8) is 0 Å². The average molecular weight is 207 g/mol. The Hall–Kier alpha value is -2.37. The van der Waals surface area contributed by atoms with Crippen molar-refractivity contribution in [2.75, 3.05) is 0 Å². The number of aromatic carboxylic acids is 1. The Morgan fingerprint density at radius 3 is 2.47 bits per heavy atom. The summed E-state index contributed by atoms with van der Waals surface area (Å²) in [5, 5.41) is 17.7. The molecule has 0 radical (unpaired) electrons. The summed E-state index contributed by atoms with van der Waals surface area (Å²) in [6.45, 7) is 0. The fraction of sp³-hybridized carbons (Fsp3) is 0. The number of nitrogens with one attached hydrogen (secondary N) is 1. The van der Waals surface area contributed by atoms with Crippen LogP contribution in [0.25, 0.3) is 11.0 Å². The summed E-state index contributed by atoms with van der Waals surface area (Å²) in [5.41, 5.74) is 0.791. The van der Waals surface area contributed by atoms with Gasteiger partial charge in [0.25, 0.3) is 0 Å². The molecule has 0 saturated heterocycles. The number of carbonyl (C=O) groups is 2. The molecular weight excluding hydrogens is 200 g/mol. The standard InChI is InChI=1S/C9H6N2O4/c12-8(13)7-10-5-3-1-2-4-6(5)11(7)9(14)15/h1-4H,(H,12,13)(H,14,15)/p+1. The molecule has 1 heterocycles. The molecule has 0 unspecified atom stereocenters. The maximum atomic E-state index is 10.9. The largest absolute Gasteiger partial charge is 0.510 e. The first kappa shape index (κ1) is 9.20. The molecule has 1 aromatic carbocycles. The Balaban J connectivity index is 2.86. The van der Waals surface area contributed by atoms with E-state index in [-0.39, 0.29) is 5.82 Å². The third-order valence-corrected chi connectivity index (χ3v) is 2.02. The maximum Gasteiger partial charge on any atom is 0.510 e. The molecular formula is C9H7N2O4+. The highest BCUT2D eigenvalue weighted by atomic mass is 16.4. The van der Waals surface area contributed by atoms with Gasteiger partial charge < -0.3 is 10.2 Å². The van der Waals surface area contributed by atoms with E-state index in [4.69, 9.17) is 10.2 Å². The molecule has 0 amide bonds. The maximum absolute atomic E-state index is 10.9. The number of H-pyrrole nitrogens is 1. The lowest BCUT2D eigenvalue weighted by Gasteiger charge is -1.89. The number of fused-ring (bicyclic) bond motifs is 1. The Morgan fingerprint density at radius 1 is 1.20 bits per heavy atom. The first-order chi connectivity index (χ1) is 7.11. The number of hydrogen-bond acceptors (Lipinski definition) is 2. The van der Waals surface area contributed by atoms with Gasteiger partial charge in [-0.1, -0.05) is 12.1 Å². The second-order valence-electron chi connectivity index (χ2n) is 2.91. The predicted octanol–water partition coefficient (Wildman–Crippen LogP) is 0.680. The minimum atomic E-state index is -1.33. The monoisotopic (exact) mass is 207 g/mol. The van der Waals surface area contributed by atoms with Gasteiger partial charge in [-0.25, -0.2) is 9.78 Å². The van der Waals surface area contributed by atoms with Crippen LogP contribution >= 0.6 is 0 Å². The highest BCUT2D eigenvalue weighted by molar-refractivity contribution is 5.93. The van der Waals surface area contributed by atoms with Crippen LogP contribution in [0, 0.1) is 0 Å². The van der Waals surface area contributed by atoms with Gasteiger partial charge in [0.05, 0.1) is 0 Å². The Morgan fingerprint density at radius 2 is 1.87 bits per heavy atom. The number of nitrogens with zero attached hydrogens (tertiary/aromatic N) is 1. The van der Waals surface area contributed by atoms with Crippen LogP contribution in [0.3, 0.4) is 0 Å². The van der Waals surface area contributed by atoms with Crippen LogP contribution in [0.15, 0.2) is 24.3 Å². The van der Waals surface area contributed by atoms with Gasteiger partial charge >= 0.3 is 17.9 Å². The van der Waals surface area contributed by atoms with E-state index >= 15 is 0 Å². The van der Waals surface area contributed by atoms with Gasteiger partial charge in [-0.05, 0) is 12.1 Å². The number of aromatic amines is 1. The number of hydrogen-bond donors (Lipinski definition) is 2. The van der Waals surface area contributed by atoms with E-state index in [1.807, 2.05) is 0 Å². The van der Waals surface area contributed by atoms with Crippen molar-refractivity contribution in [3.8, 4) is 0 Å². The minimum Gasteiger partial charge on any atom is -0.472 e. The fourth-order valence-electron chi connectivity index (χ4n) is 1.43. The van der Waals surface area contributed by atoms with E-state index in [2.05, 4.69) is 4.98 Å². The number of imidazole rings is 1. The molecule has 0 atom stereocenters.